The second kappa shape index (κ2) is 6.89. The summed E-state index contributed by atoms with van der Waals surface area (Å²) < 4.78 is 17.9. The highest BCUT2D eigenvalue weighted by molar-refractivity contribution is 9.10. The molecule has 10 heteroatoms. The molecular weight excluding hydrogens is 444 g/mol. The molecule has 146 valence electrons. The maximum atomic E-state index is 12.8. The second-order valence-electron chi connectivity index (χ2n) is 6.41. The van der Waals surface area contributed by atoms with Crippen LogP contribution in [0.25, 0.3) is 22.3 Å². The van der Waals surface area contributed by atoms with Gasteiger partial charge in [-0.2, -0.15) is 4.98 Å². The summed E-state index contributed by atoms with van der Waals surface area (Å²) in [7, 11) is 0. The van der Waals surface area contributed by atoms with Gasteiger partial charge in [0.2, 0.25) is 18.5 Å². The monoisotopic (exact) mass is 456 g/mol. The molecule has 0 saturated heterocycles. The molecule has 9 nitrogen and oxygen atoms in total. The maximum absolute atomic E-state index is 12.8. The summed E-state index contributed by atoms with van der Waals surface area (Å²) in [5.41, 5.74) is 0.253. The van der Waals surface area contributed by atoms with Crippen LogP contribution in [-0.4, -0.2) is 26.5 Å². The Labute approximate surface area is 171 Å². The van der Waals surface area contributed by atoms with Crippen LogP contribution in [0.15, 0.2) is 55.0 Å². The second-order valence-corrected chi connectivity index (χ2v) is 7.33. The third kappa shape index (κ3) is 3.21. The van der Waals surface area contributed by atoms with Gasteiger partial charge < -0.3 is 19.0 Å². The Kier molecular flexibility index (Phi) is 4.20. The Bertz CT molecular complexity index is 1360. The SMILES string of the molecule is O=c1[nH]c2cc3c(cc2c(=O)n1CCc1nc(-c2cccc(Br)c2)no1)OCO3. The van der Waals surface area contributed by atoms with Crippen LogP contribution < -0.4 is 20.7 Å². The van der Waals surface area contributed by atoms with E-state index in [0.29, 0.717) is 34.1 Å². The molecule has 0 fully saturated rings. The number of hydrogen-bond donors (Lipinski definition) is 1. The van der Waals surface area contributed by atoms with E-state index in [2.05, 4.69) is 31.1 Å². The Morgan fingerprint density at radius 3 is 2.79 bits per heavy atom. The Balaban J connectivity index is 1.43. The molecule has 5 rings (SSSR count). The van der Waals surface area contributed by atoms with Crippen molar-refractivity contribution >= 4 is 26.8 Å². The van der Waals surface area contributed by atoms with Crippen molar-refractivity contribution in [3.63, 3.8) is 0 Å². The van der Waals surface area contributed by atoms with Crippen molar-refractivity contribution in [2.45, 2.75) is 13.0 Å². The van der Waals surface area contributed by atoms with E-state index < -0.39 is 11.2 Å². The number of rotatable bonds is 4. The van der Waals surface area contributed by atoms with E-state index in [9.17, 15) is 9.59 Å². The van der Waals surface area contributed by atoms with Crippen LogP contribution in [0.3, 0.4) is 0 Å². The normalized spacial score (nSPS) is 12.6. The molecule has 29 heavy (non-hydrogen) atoms. The average molecular weight is 457 g/mol. The smallest absolute Gasteiger partial charge is 0.328 e. The molecule has 1 N–H and O–H groups in total. The molecule has 0 radical (unpaired) electrons. The van der Waals surface area contributed by atoms with Gasteiger partial charge in [-0.25, -0.2) is 4.79 Å². The van der Waals surface area contributed by atoms with Crippen LogP contribution in [0.4, 0.5) is 0 Å². The van der Waals surface area contributed by atoms with Crippen LogP contribution in [0.1, 0.15) is 5.89 Å². The molecule has 0 unspecified atom stereocenters. The number of fused-ring (bicyclic) bond motifs is 2. The van der Waals surface area contributed by atoms with Gasteiger partial charge in [0.25, 0.3) is 5.56 Å². The number of benzene rings is 2. The Morgan fingerprint density at radius 1 is 1.14 bits per heavy atom. The Morgan fingerprint density at radius 2 is 1.97 bits per heavy atom. The third-order valence-electron chi connectivity index (χ3n) is 4.58. The summed E-state index contributed by atoms with van der Waals surface area (Å²) in [5.74, 6) is 1.74. The third-order valence-corrected chi connectivity index (χ3v) is 5.07. The van der Waals surface area contributed by atoms with Gasteiger partial charge in [-0.3, -0.25) is 9.36 Å². The number of aryl methyl sites for hydroxylation is 1. The van der Waals surface area contributed by atoms with Crippen molar-refractivity contribution in [2.75, 3.05) is 6.79 Å². The van der Waals surface area contributed by atoms with Crippen molar-refractivity contribution in [2.24, 2.45) is 0 Å². The zero-order valence-corrected chi connectivity index (χ0v) is 16.4. The molecule has 0 bridgehead atoms. The van der Waals surface area contributed by atoms with Crippen LogP contribution in [0.2, 0.25) is 0 Å². The minimum Gasteiger partial charge on any atom is -0.454 e. The minimum absolute atomic E-state index is 0.0849. The summed E-state index contributed by atoms with van der Waals surface area (Å²) in [4.78, 5) is 32.3. The number of ether oxygens (including phenoxy) is 2. The molecule has 4 aromatic rings. The molecule has 2 aromatic carbocycles. The standard InChI is InChI=1S/C19H13BrN4O5/c20-11-3-1-2-10(6-11)17-22-16(29-23-17)4-5-24-18(25)12-7-14-15(28-9-27-14)8-13(12)21-19(24)26/h1-3,6-8H,4-5,9H2,(H,21,26). The number of hydrogen-bond acceptors (Lipinski definition) is 7. The summed E-state index contributed by atoms with van der Waals surface area (Å²) in [6.07, 6.45) is 0.236. The van der Waals surface area contributed by atoms with Gasteiger partial charge in [0.1, 0.15) is 0 Å². The number of aromatic amines is 1. The van der Waals surface area contributed by atoms with E-state index in [0.717, 1.165) is 14.6 Å². The van der Waals surface area contributed by atoms with E-state index in [1.54, 1.807) is 12.1 Å². The lowest BCUT2D eigenvalue weighted by atomic mass is 10.2. The number of nitrogens with zero attached hydrogens (tertiary/aromatic N) is 3. The predicted octanol–water partition coefficient (Wildman–Crippen LogP) is 2.47. The molecule has 0 atom stereocenters. The lowest BCUT2D eigenvalue weighted by molar-refractivity contribution is 0.174. The van der Waals surface area contributed by atoms with E-state index in [1.807, 2.05) is 24.3 Å². The summed E-state index contributed by atoms with van der Waals surface area (Å²) >= 11 is 3.40. The zero-order valence-electron chi connectivity index (χ0n) is 14.8. The highest BCUT2D eigenvalue weighted by Gasteiger charge is 2.18. The van der Waals surface area contributed by atoms with Crippen LogP contribution in [0.5, 0.6) is 11.5 Å². The van der Waals surface area contributed by atoms with Crippen LogP contribution >= 0.6 is 15.9 Å². The highest BCUT2D eigenvalue weighted by Crippen LogP contribution is 2.34. The van der Waals surface area contributed by atoms with Gasteiger partial charge in [-0.05, 0) is 18.2 Å². The first-order valence-electron chi connectivity index (χ1n) is 8.73. The number of nitrogens with one attached hydrogen (secondary N) is 1. The maximum Gasteiger partial charge on any atom is 0.328 e. The van der Waals surface area contributed by atoms with Crippen molar-refractivity contribution in [1.82, 2.24) is 19.7 Å². The van der Waals surface area contributed by atoms with Gasteiger partial charge in [0, 0.05) is 29.1 Å². The van der Waals surface area contributed by atoms with Crippen molar-refractivity contribution in [3.8, 4) is 22.9 Å². The summed E-state index contributed by atoms with van der Waals surface area (Å²) in [6.45, 7) is 0.181. The van der Waals surface area contributed by atoms with E-state index >= 15 is 0 Å². The lowest BCUT2D eigenvalue weighted by Crippen LogP contribution is -2.35. The van der Waals surface area contributed by atoms with Gasteiger partial charge in [-0.1, -0.05) is 33.2 Å². The molecule has 3 heterocycles. The lowest BCUT2D eigenvalue weighted by Gasteiger charge is -2.06. The topological polar surface area (TPSA) is 112 Å². The fourth-order valence-electron chi connectivity index (χ4n) is 3.15. The van der Waals surface area contributed by atoms with Crippen molar-refractivity contribution < 1.29 is 14.0 Å². The first kappa shape index (κ1) is 17.7. The number of H-pyrrole nitrogens is 1. The zero-order chi connectivity index (χ0) is 20.0. The highest BCUT2D eigenvalue weighted by atomic mass is 79.9. The molecule has 2 aromatic heterocycles. The first-order valence-corrected chi connectivity index (χ1v) is 9.53. The number of aromatic nitrogens is 4. The van der Waals surface area contributed by atoms with Gasteiger partial charge >= 0.3 is 5.69 Å². The molecule has 1 aliphatic rings. The van der Waals surface area contributed by atoms with Gasteiger partial charge in [0.05, 0.1) is 10.9 Å². The molecule has 0 saturated carbocycles. The fraction of sp³-hybridized carbons (Fsp3) is 0.158. The largest absolute Gasteiger partial charge is 0.454 e. The van der Waals surface area contributed by atoms with Gasteiger partial charge in [-0.15, -0.1) is 0 Å². The molecule has 0 aliphatic carbocycles. The number of halogens is 1. The van der Waals surface area contributed by atoms with E-state index in [4.69, 9.17) is 14.0 Å². The summed E-state index contributed by atoms with van der Waals surface area (Å²) in [5, 5.41) is 4.31. The molecule has 0 spiro atoms. The first-order chi connectivity index (χ1) is 14.1. The average Bonchev–Trinajstić information content (AvgIpc) is 3.35. The molecule has 1 aliphatic heterocycles. The van der Waals surface area contributed by atoms with E-state index in [1.165, 1.54) is 0 Å². The van der Waals surface area contributed by atoms with E-state index in [-0.39, 0.29) is 19.8 Å². The molecule has 0 amide bonds. The van der Waals surface area contributed by atoms with Crippen LogP contribution in [0, 0.1) is 0 Å². The van der Waals surface area contributed by atoms with Gasteiger partial charge in [0.15, 0.2) is 11.5 Å². The summed E-state index contributed by atoms with van der Waals surface area (Å²) in [6, 6.07) is 10.7. The van der Waals surface area contributed by atoms with Crippen LogP contribution in [-0.2, 0) is 13.0 Å². The Hall–Kier alpha value is -3.40. The van der Waals surface area contributed by atoms with Crippen molar-refractivity contribution in [1.29, 1.82) is 0 Å². The molecular formula is C19H13BrN4O5. The predicted molar refractivity (Wildman–Crippen MR) is 106 cm³/mol. The quantitative estimate of drug-likeness (QED) is 0.501. The minimum atomic E-state index is -0.520. The fourth-order valence-corrected chi connectivity index (χ4v) is 3.55. The van der Waals surface area contributed by atoms with Crippen molar-refractivity contribution in [3.05, 3.63) is 67.6 Å².